The molecule has 0 heterocycles. The predicted molar refractivity (Wildman–Crippen MR) is 73.0 cm³/mol. The summed E-state index contributed by atoms with van der Waals surface area (Å²) in [5.41, 5.74) is 0.0979. The lowest BCUT2D eigenvalue weighted by Gasteiger charge is -2.27. The number of rotatable bonds is 5. The maximum absolute atomic E-state index is 12.1. The van der Waals surface area contributed by atoms with Crippen molar-refractivity contribution in [1.82, 2.24) is 0 Å². The lowest BCUT2D eigenvalue weighted by Crippen LogP contribution is -2.34. The minimum atomic E-state index is -0.768. The van der Waals surface area contributed by atoms with E-state index >= 15 is 0 Å². The Morgan fingerprint density at radius 2 is 2.28 bits per heavy atom. The fourth-order valence-electron chi connectivity index (χ4n) is 1.79. The van der Waals surface area contributed by atoms with Crippen molar-refractivity contribution in [2.75, 3.05) is 6.61 Å². The molecule has 0 N–H and O–H groups in total. The Hall–Kier alpha value is -1.34. The maximum Gasteiger partial charge on any atom is 0.316 e. The van der Waals surface area contributed by atoms with Crippen LogP contribution in [0.4, 0.5) is 0 Å². The first-order chi connectivity index (χ1) is 8.54. The molecule has 0 saturated carbocycles. The standard InChI is InChI=1S/C14H16BrNO2/c1-3-18-13(17)14(2,8-5-9-16)11-6-4-7-12(15)10-11/h4,6-7,10H,3,5,8H2,1-2H3. The molecule has 1 atom stereocenters. The summed E-state index contributed by atoms with van der Waals surface area (Å²) in [6.07, 6.45) is 0.778. The van der Waals surface area contributed by atoms with E-state index < -0.39 is 5.41 Å². The Bertz CT molecular complexity index is 467. The van der Waals surface area contributed by atoms with Gasteiger partial charge in [0.2, 0.25) is 0 Å². The molecule has 0 aliphatic rings. The maximum atomic E-state index is 12.1. The van der Waals surface area contributed by atoms with Crippen LogP contribution in [0.1, 0.15) is 32.3 Å². The second-order valence-corrected chi connectivity index (χ2v) is 5.14. The van der Waals surface area contributed by atoms with Crippen molar-refractivity contribution in [3.05, 3.63) is 34.3 Å². The highest BCUT2D eigenvalue weighted by atomic mass is 79.9. The monoisotopic (exact) mass is 309 g/mol. The summed E-state index contributed by atoms with van der Waals surface area (Å²) in [6.45, 7) is 3.95. The van der Waals surface area contributed by atoms with Crippen molar-refractivity contribution in [3.63, 3.8) is 0 Å². The van der Waals surface area contributed by atoms with Crippen LogP contribution in [-0.2, 0) is 14.9 Å². The van der Waals surface area contributed by atoms with E-state index in [9.17, 15) is 4.79 Å². The SMILES string of the molecule is CCOC(=O)C(C)(CCC#N)c1cccc(Br)c1. The quantitative estimate of drug-likeness (QED) is 0.781. The number of nitriles is 1. The second-order valence-electron chi connectivity index (χ2n) is 4.22. The van der Waals surface area contributed by atoms with Crippen LogP contribution in [0.15, 0.2) is 28.7 Å². The first kappa shape index (κ1) is 14.7. The second kappa shape index (κ2) is 6.55. The Morgan fingerprint density at radius 3 is 2.83 bits per heavy atom. The Morgan fingerprint density at radius 1 is 1.56 bits per heavy atom. The van der Waals surface area contributed by atoms with E-state index in [4.69, 9.17) is 10.00 Å². The molecule has 1 unspecified atom stereocenters. The normalized spacial score (nSPS) is 13.4. The number of hydrogen-bond acceptors (Lipinski definition) is 3. The smallest absolute Gasteiger partial charge is 0.316 e. The van der Waals surface area contributed by atoms with Gasteiger partial charge < -0.3 is 4.74 Å². The van der Waals surface area contributed by atoms with Crippen molar-refractivity contribution in [3.8, 4) is 6.07 Å². The summed E-state index contributed by atoms with van der Waals surface area (Å²) in [5, 5.41) is 8.73. The summed E-state index contributed by atoms with van der Waals surface area (Å²) in [7, 11) is 0. The number of esters is 1. The van der Waals surface area contributed by atoms with Crippen molar-refractivity contribution in [2.45, 2.75) is 32.1 Å². The summed E-state index contributed by atoms with van der Waals surface area (Å²) in [4.78, 5) is 12.1. The van der Waals surface area contributed by atoms with Crippen LogP contribution < -0.4 is 0 Å². The Labute approximate surface area is 116 Å². The first-order valence-electron chi connectivity index (χ1n) is 5.85. The Kier molecular flexibility index (Phi) is 5.36. The molecule has 1 aromatic carbocycles. The van der Waals surface area contributed by atoms with E-state index in [2.05, 4.69) is 22.0 Å². The van der Waals surface area contributed by atoms with Crippen LogP contribution in [0.25, 0.3) is 0 Å². The highest BCUT2D eigenvalue weighted by molar-refractivity contribution is 9.10. The zero-order valence-corrected chi connectivity index (χ0v) is 12.2. The molecule has 0 fully saturated rings. The lowest BCUT2D eigenvalue weighted by atomic mass is 9.78. The fraction of sp³-hybridized carbons (Fsp3) is 0.429. The van der Waals surface area contributed by atoms with Crippen molar-refractivity contribution < 1.29 is 9.53 Å². The minimum absolute atomic E-state index is 0.279. The van der Waals surface area contributed by atoms with Crippen LogP contribution >= 0.6 is 15.9 Å². The van der Waals surface area contributed by atoms with Crippen molar-refractivity contribution in [2.24, 2.45) is 0 Å². The molecule has 0 aliphatic carbocycles. The molecule has 0 aromatic heterocycles. The summed E-state index contributed by atoms with van der Waals surface area (Å²) in [6, 6.07) is 9.65. The molecule has 18 heavy (non-hydrogen) atoms. The Balaban J connectivity index is 3.11. The fourth-order valence-corrected chi connectivity index (χ4v) is 2.19. The third-order valence-corrected chi connectivity index (χ3v) is 3.42. The summed E-state index contributed by atoms with van der Waals surface area (Å²) < 4.78 is 6.04. The number of ether oxygens (including phenoxy) is 1. The van der Waals surface area contributed by atoms with Gasteiger partial charge in [-0.25, -0.2) is 0 Å². The average Bonchev–Trinajstić information content (AvgIpc) is 2.36. The summed E-state index contributed by atoms with van der Waals surface area (Å²) in [5.74, 6) is -0.279. The molecule has 0 amide bonds. The van der Waals surface area contributed by atoms with Gasteiger partial charge in [0, 0.05) is 10.9 Å². The number of carbonyl (C=O) groups excluding carboxylic acids is 1. The molecule has 4 heteroatoms. The van der Waals surface area contributed by atoms with E-state index in [0.29, 0.717) is 19.4 Å². The highest BCUT2D eigenvalue weighted by Crippen LogP contribution is 2.32. The van der Waals surface area contributed by atoms with E-state index in [0.717, 1.165) is 10.0 Å². The van der Waals surface area contributed by atoms with Gasteiger partial charge in [0.25, 0.3) is 0 Å². The van der Waals surface area contributed by atoms with E-state index in [1.807, 2.05) is 31.2 Å². The van der Waals surface area contributed by atoms with Crippen molar-refractivity contribution in [1.29, 1.82) is 5.26 Å². The van der Waals surface area contributed by atoms with Crippen LogP contribution in [-0.4, -0.2) is 12.6 Å². The van der Waals surface area contributed by atoms with Crippen molar-refractivity contribution >= 4 is 21.9 Å². The molecular weight excluding hydrogens is 294 g/mol. The molecule has 96 valence electrons. The van der Waals surface area contributed by atoms with E-state index in [1.165, 1.54) is 0 Å². The van der Waals surface area contributed by atoms with Crippen LogP contribution in [0.2, 0.25) is 0 Å². The van der Waals surface area contributed by atoms with Crippen LogP contribution in [0.3, 0.4) is 0 Å². The van der Waals surface area contributed by atoms with Gasteiger partial charge in [-0.05, 0) is 38.0 Å². The number of nitrogens with zero attached hydrogens (tertiary/aromatic N) is 1. The van der Waals surface area contributed by atoms with E-state index in [1.54, 1.807) is 6.92 Å². The van der Waals surface area contributed by atoms with Gasteiger partial charge in [-0.1, -0.05) is 28.1 Å². The molecule has 3 nitrogen and oxygen atoms in total. The number of hydrogen-bond donors (Lipinski definition) is 0. The average molecular weight is 310 g/mol. The van der Waals surface area contributed by atoms with Gasteiger partial charge in [0.15, 0.2) is 0 Å². The van der Waals surface area contributed by atoms with Gasteiger partial charge in [-0.15, -0.1) is 0 Å². The number of carbonyl (C=O) groups is 1. The van der Waals surface area contributed by atoms with Crippen LogP contribution in [0.5, 0.6) is 0 Å². The van der Waals surface area contributed by atoms with Gasteiger partial charge in [0.05, 0.1) is 18.1 Å². The zero-order chi connectivity index (χ0) is 13.6. The van der Waals surface area contributed by atoms with Gasteiger partial charge in [-0.2, -0.15) is 5.26 Å². The largest absolute Gasteiger partial charge is 0.465 e. The number of halogens is 1. The highest BCUT2D eigenvalue weighted by Gasteiger charge is 2.36. The molecule has 0 saturated heterocycles. The minimum Gasteiger partial charge on any atom is -0.465 e. The molecule has 0 bridgehead atoms. The molecule has 1 aromatic rings. The topological polar surface area (TPSA) is 50.1 Å². The molecule has 0 spiro atoms. The molecule has 1 rings (SSSR count). The predicted octanol–water partition coefficient (Wildman–Crippen LogP) is 3.57. The lowest BCUT2D eigenvalue weighted by molar-refractivity contribution is -0.149. The van der Waals surface area contributed by atoms with Gasteiger partial charge in [-0.3, -0.25) is 4.79 Å². The van der Waals surface area contributed by atoms with Gasteiger partial charge in [0.1, 0.15) is 0 Å². The van der Waals surface area contributed by atoms with E-state index in [-0.39, 0.29) is 5.97 Å². The molecule has 0 radical (unpaired) electrons. The molecule has 0 aliphatic heterocycles. The van der Waals surface area contributed by atoms with Gasteiger partial charge >= 0.3 is 5.97 Å². The third kappa shape index (κ3) is 3.33. The summed E-state index contributed by atoms with van der Waals surface area (Å²) >= 11 is 3.39. The third-order valence-electron chi connectivity index (χ3n) is 2.92. The first-order valence-corrected chi connectivity index (χ1v) is 6.64. The zero-order valence-electron chi connectivity index (χ0n) is 10.6. The molecular formula is C14H16BrNO2. The number of benzene rings is 1. The van der Waals surface area contributed by atoms with Crippen LogP contribution in [0, 0.1) is 11.3 Å².